The molecule has 5 heteroatoms. The Hall–Kier alpha value is -1.88. The Labute approximate surface area is 94.5 Å². The molecule has 0 aliphatic carbocycles. The van der Waals surface area contributed by atoms with Crippen molar-refractivity contribution in [1.82, 2.24) is 14.8 Å². The first-order valence-corrected chi connectivity index (χ1v) is 5.09. The van der Waals surface area contributed by atoms with Gasteiger partial charge >= 0.3 is 0 Å². The van der Waals surface area contributed by atoms with Gasteiger partial charge in [0.15, 0.2) is 11.6 Å². The summed E-state index contributed by atoms with van der Waals surface area (Å²) in [5.74, 6) is 1.69. The number of hydrogen-bond donors (Lipinski definition) is 1. The minimum absolute atomic E-state index is 0.459. The lowest BCUT2D eigenvalue weighted by Crippen LogP contribution is -2.11. The average molecular weight is 217 g/mol. The third-order valence-electron chi connectivity index (χ3n) is 2.34. The highest BCUT2D eigenvalue weighted by molar-refractivity contribution is 5.39. The fourth-order valence-electron chi connectivity index (χ4n) is 1.47. The van der Waals surface area contributed by atoms with Gasteiger partial charge in [0.1, 0.15) is 0 Å². The maximum Gasteiger partial charge on any atom is 0.157 e. The molecule has 2 aromatic heterocycles. The third-order valence-corrected chi connectivity index (χ3v) is 2.34. The van der Waals surface area contributed by atoms with E-state index in [4.69, 9.17) is 5.73 Å². The molecule has 16 heavy (non-hydrogen) atoms. The van der Waals surface area contributed by atoms with Gasteiger partial charge in [0.25, 0.3) is 0 Å². The highest BCUT2D eigenvalue weighted by Crippen LogP contribution is 2.13. The molecule has 0 amide bonds. The lowest BCUT2D eigenvalue weighted by Gasteiger charge is -2.08. The third kappa shape index (κ3) is 1.90. The summed E-state index contributed by atoms with van der Waals surface area (Å²) < 4.78 is 1.75. The van der Waals surface area contributed by atoms with Gasteiger partial charge in [0.2, 0.25) is 0 Å². The summed E-state index contributed by atoms with van der Waals surface area (Å²) >= 11 is 0. The minimum Gasteiger partial charge on any atom is -0.361 e. The van der Waals surface area contributed by atoms with Crippen LogP contribution in [0.2, 0.25) is 0 Å². The number of rotatable bonds is 3. The quantitative estimate of drug-likeness (QED) is 0.825. The van der Waals surface area contributed by atoms with Gasteiger partial charge in [-0.3, -0.25) is 0 Å². The molecule has 0 aliphatic rings. The molecule has 0 saturated heterocycles. The van der Waals surface area contributed by atoms with E-state index >= 15 is 0 Å². The lowest BCUT2D eigenvalue weighted by atomic mass is 10.2. The molecule has 0 saturated carbocycles. The molecule has 0 spiro atoms. The van der Waals surface area contributed by atoms with Gasteiger partial charge in [-0.05, 0) is 6.07 Å². The van der Waals surface area contributed by atoms with Crippen molar-refractivity contribution in [2.45, 2.75) is 6.54 Å². The minimum atomic E-state index is 0.459. The molecule has 5 nitrogen and oxygen atoms in total. The molecule has 0 aromatic carbocycles. The van der Waals surface area contributed by atoms with Crippen LogP contribution in [0.3, 0.4) is 0 Å². The molecule has 0 aliphatic heterocycles. The van der Waals surface area contributed by atoms with Crippen LogP contribution in [0.5, 0.6) is 0 Å². The van der Waals surface area contributed by atoms with Crippen molar-refractivity contribution in [3.63, 3.8) is 0 Å². The first-order valence-electron chi connectivity index (χ1n) is 5.09. The van der Waals surface area contributed by atoms with Crippen LogP contribution in [-0.2, 0) is 6.54 Å². The second-order valence-electron chi connectivity index (χ2n) is 3.70. The predicted molar refractivity (Wildman–Crippen MR) is 63.6 cm³/mol. The molecule has 2 N–H and O–H groups in total. The zero-order valence-corrected chi connectivity index (χ0v) is 9.46. The Morgan fingerprint density at radius 2 is 2.19 bits per heavy atom. The first kappa shape index (κ1) is 10.6. The van der Waals surface area contributed by atoms with Crippen LogP contribution >= 0.6 is 0 Å². The summed E-state index contributed by atoms with van der Waals surface area (Å²) in [6.07, 6.45) is 3.63. The summed E-state index contributed by atoms with van der Waals surface area (Å²) in [6, 6.07) is 5.77. The summed E-state index contributed by atoms with van der Waals surface area (Å²) in [5, 5.41) is 4.41. The Balaban J connectivity index is 2.42. The van der Waals surface area contributed by atoms with E-state index in [9.17, 15) is 0 Å². The fourth-order valence-corrected chi connectivity index (χ4v) is 1.47. The van der Waals surface area contributed by atoms with Gasteiger partial charge in [-0.2, -0.15) is 0 Å². The van der Waals surface area contributed by atoms with Crippen LogP contribution in [0.1, 0.15) is 5.56 Å². The van der Waals surface area contributed by atoms with Gasteiger partial charge in [-0.1, -0.05) is 6.07 Å². The van der Waals surface area contributed by atoms with Crippen LogP contribution in [-0.4, -0.2) is 28.9 Å². The Morgan fingerprint density at radius 1 is 1.38 bits per heavy atom. The van der Waals surface area contributed by atoms with Crippen molar-refractivity contribution in [2.24, 2.45) is 5.73 Å². The van der Waals surface area contributed by atoms with E-state index < -0.39 is 0 Å². The van der Waals surface area contributed by atoms with Crippen molar-refractivity contribution >= 4 is 5.82 Å². The van der Waals surface area contributed by atoms with E-state index in [1.165, 1.54) is 0 Å². The predicted octanol–water partition coefficient (Wildman–Crippen LogP) is 0.792. The molecule has 0 atom stereocenters. The maximum absolute atomic E-state index is 5.66. The largest absolute Gasteiger partial charge is 0.361 e. The van der Waals surface area contributed by atoms with Gasteiger partial charge in [-0.15, -0.1) is 5.10 Å². The highest BCUT2D eigenvalue weighted by Gasteiger charge is 2.06. The summed E-state index contributed by atoms with van der Waals surface area (Å²) in [6.45, 7) is 0.459. The lowest BCUT2D eigenvalue weighted by molar-refractivity contribution is 0.816. The molecule has 0 fully saturated rings. The van der Waals surface area contributed by atoms with Crippen molar-refractivity contribution in [3.8, 4) is 5.82 Å². The molecule has 0 bridgehead atoms. The molecule has 0 radical (unpaired) electrons. The molecule has 2 heterocycles. The Bertz CT molecular complexity index is 475. The number of aromatic nitrogens is 3. The second kappa shape index (κ2) is 4.32. The number of hydrogen-bond acceptors (Lipinski definition) is 4. The van der Waals surface area contributed by atoms with Crippen molar-refractivity contribution in [2.75, 3.05) is 19.0 Å². The van der Waals surface area contributed by atoms with Gasteiger partial charge in [0.05, 0.1) is 0 Å². The van der Waals surface area contributed by atoms with E-state index in [1.54, 1.807) is 10.9 Å². The zero-order valence-electron chi connectivity index (χ0n) is 9.46. The van der Waals surface area contributed by atoms with Crippen molar-refractivity contribution < 1.29 is 0 Å². The van der Waals surface area contributed by atoms with E-state index in [0.29, 0.717) is 6.54 Å². The Morgan fingerprint density at radius 3 is 2.81 bits per heavy atom. The molecular formula is C11H15N5. The van der Waals surface area contributed by atoms with Crippen LogP contribution in [0, 0.1) is 0 Å². The molecule has 2 aromatic rings. The topological polar surface area (TPSA) is 60.0 Å². The smallest absolute Gasteiger partial charge is 0.157 e. The number of nitrogens with zero attached hydrogens (tertiary/aromatic N) is 4. The van der Waals surface area contributed by atoms with E-state index in [1.807, 2.05) is 43.4 Å². The van der Waals surface area contributed by atoms with Crippen LogP contribution in [0.25, 0.3) is 5.82 Å². The molecular weight excluding hydrogens is 202 g/mol. The standard InChI is InChI=1S/C11H15N5/c1-15(2)10-5-7-16(14-10)11-9(8-12)4-3-6-13-11/h3-7H,8,12H2,1-2H3. The molecule has 0 unspecified atom stereocenters. The highest BCUT2D eigenvalue weighted by atomic mass is 15.4. The second-order valence-corrected chi connectivity index (χ2v) is 3.70. The Kier molecular flexibility index (Phi) is 2.87. The van der Waals surface area contributed by atoms with E-state index in [-0.39, 0.29) is 0 Å². The molecule has 2 rings (SSSR count). The number of anilines is 1. The van der Waals surface area contributed by atoms with Crippen LogP contribution < -0.4 is 10.6 Å². The summed E-state index contributed by atoms with van der Waals surface area (Å²) in [7, 11) is 3.91. The summed E-state index contributed by atoms with van der Waals surface area (Å²) in [5.41, 5.74) is 6.65. The maximum atomic E-state index is 5.66. The first-order chi connectivity index (χ1) is 7.72. The van der Waals surface area contributed by atoms with Crippen molar-refractivity contribution in [1.29, 1.82) is 0 Å². The van der Waals surface area contributed by atoms with Gasteiger partial charge in [0, 0.05) is 44.7 Å². The average Bonchev–Trinajstić information content (AvgIpc) is 2.78. The van der Waals surface area contributed by atoms with E-state index in [0.717, 1.165) is 17.2 Å². The number of nitrogens with two attached hydrogens (primary N) is 1. The van der Waals surface area contributed by atoms with Crippen LogP contribution in [0.4, 0.5) is 5.82 Å². The van der Waals surface area contributed by atoms with E-state index in [2.05, 4.69) is 10.1 Å². The SMILES string of the molecule is CN(C)c1ccn(-c2ncccc2CN)n1. The summed E-state index contributed by atoms with van der Waals surface area (Å²) in [4.78, 5) is 6.24. The fraction of sp³-hybridized carbons (Fsp3) is 0.273. The number of pyridine rings is 1. The van der Waals surface area contributed by atoms with Crippen molar-refractivity contribution in [3.05, 3.63) is 36.2 Å². The van der Waals surface area contributed by atoms with Gasteiger partial charge in [-0.25, -0.2) is 9.67 Å². The normalized spacial score (nSPS) is 10.4. The zero-order chi connectivity index (χ0) is 11.5. The monoisotopic (exact) mass is 217 g/mol. The van der Waals surface area contributed by atoms with Crippen LogP contribution in [0.15, 0.2) is 30.6 Å². The molecule has 84 valence electrons. The van der Waals surface area contributed by atoms with Gasteiger partial charge < -0.3 is 10.6 Å².